The monoisotopic (exact) mass is 338 g/mol. The fraction of sp³-hybridized carbons (Fsp3) is 0.562. The molecule has 1 saturated carbocycles. The molecule has 0 amide bonds. The Morgan fingerprint density at radius 3 is 2.70 bits per heavy atom. The molecule has 0 heterocycles. The number of sulfonamides is 1. The average molecular weight is 338 g/mol. The van der Waals surface area contributed by atoms with Crippen LogP contribution in [0.3, 0.4) is 0 Å². The summed E-state index contributed by atoms with van der Waals surface area (Å²) in [5, 5.41) is 3.22. The zero-order valence-electron chi connectivity index (χ0n) is 13.7. The van der Waals surface area contributed by atoms with Gasteiger partial charge in [0.2, 0.25) is 10.0 Å². The maximum atomic E-state index is 12.2. The Morgan fingerprint density at radius 1 is 1.35 bits per heavy atom. The highest BCUT2D eigenvalue weighted by atomic mass is 32.2. The van der Waals surface area contributed by atoms with Crippen LogP contribution in [0.25, 0.3) is 0 Å². The molecule has 0 unspecified atom stereocenters. The summed E-state index contributed by atoms with van der Waals surface area (Å²) >= 11 is 0. The third-order valence-corrected chi connectivity index (χ3v) is 5.39. The van der Waals surface area contributed by atoms with Crippen molar-refractivity contribution in [2.75, 3.05) is 0 Å². The Hall–Kier alpha value is -1.60. The molecule has 0 saturated heterocycles. The van der Waals surface area contributed by atoms with E-state index in [1.165, 1.54) is 12.8 Å². The number of nitrogens with zero attached hydrogens (tertiary/aromatic N) is 1. The maximum Gasteiger partial charge on any atom is 0.240 e. The molecular weight excluding hydrogens is 312 g/mol. The number of hydrogen-bond donors (Lipinski definition) is 3. The van der Waals surface area contributed by atoms with Gasteiger partial charge >= 0.3 is 0 Å². The van der Waals surface area contributed by atoms with Gasteiger partial charge in [-0.05, 0) is 44.4 Å². The largest absolute Gasteiger partial charge is 0.370 e. The highest BCUT2D eigenvalue weighted by Gasteiger charge is 2.16. The van der Waals surface area contributed by atoms with E-state index in [9.17, 15) is 8.42 Å². The van der Waals surface area contributed by atoms with E-state index in [2.05, 4.69) is 15.0 Å². The molecule has 1 aromatic rings. The van der Waals surface area contributed by atoms with E-state index in [-0.39, 0.29) is 10.9 Å². The summed E-state index contributed by atoms with van der Waals surface area (Å²) in [6.45, 7) is 3.94. The molecule has 0 radical (unpaired) electrons. The van der Waals surface area contributed by atoms with E-state index in [1.807, 2.05) is 6.07 Å². The Morgan fingerprint density at radius 2 is 2.04 bits per heavy atom. The van der Waals surface area contributed by atoms with Crippen LogP contribution in [0.15, 0.2) is 34.2 Å². The zero-order chi connectivity index (χ0) is 16.9. The van der Waals surface area contributed by atoms with Gasteiger partial charge in [-0.25, -0.2) is 18.1 Å². The number of benzene rings is 1. The molecule has 23 heavy (non-hydrogen) atoms. The summed E-state index contributed by atoms with van der Waals surface area (Å²) in [6.07, 6.45) is 4.72. The van der Waals surface area contributed by atoms with Crippen molar-refractivity contribution >= 4 is 16.0 Å². The van der Waals surface area contributed by atoms with Crippen LogP contribution in [-0.4, -0.2) is 26.5 Å². The van der Waals surface area contributed by atoms with Crippen molar-refractivity contribution < 1.29 is 8.42 Å². The van der Waals surface area contributed by atoms with Crippen molar-refractivity contribution in [2.45, 2.75) is 63.1 Å². The normalized spacial score (nSPS) is 16.9. The van der Waals surface area contributed by atoms with E-state index < -0.39 is 10.0 Å². The number of nitrogens with two attached hydrogens (primary N) is 1. The fourth-order valence-electron chi connectivity index (χ4n) is 2.69. The summed E-state index contributed by atoms with van der Waals surface area (Å²) in [5.74, 6) is 0.422. The van der Waals surface area contributed by atoms with Crippen molar-refractivity contribution in [3.63, 3.8) is 0 Å². The lowest BCUT2D eigenvalue weighted by molar-refractivity contribution is 0.569. The first-order valence-corrected chi connectivity index (χ1v) is 9.53. The Labute approximate surface area is 138 Å². The number of rotatable bonds is 6. The molecule has 0 spiro atoms. The molecule has 4 N–H and O–H groups in total. The first-order valence-electron chi connectivity index (χ1n) is 8.04. The predicted octanol–water partition coefficient (Wildman–Crippen LogP) is 1.72. The molecule has 1 fully saturated rings. The summed E-state index contributed by atoms with van der Waals surface area (Å²) < 4.78 is 26.9. The lowest BCUT2D eigenvalue weighted by atomic mass is 10.2. The van der Waals surface area contributed by atoms with Crippen LogP contribution < -0.4 is 15.8 Å². The zero-order valence-corrected chi connectivity index (χ0v) is 14.6. The van der Waals surface area contributed by atoms with Crippen LogP contribution in [0.4, 0.5) is 0 Å². The second-order valence-corrected chi connectivity index (χ2v) is 7.96. The SMILES string of the molecule is CC(C)NS(=O)(=O)c1cccc(CN=C(N)NC2CCCC2)c1. The van der Waals surface area contributed by atoms with Crippen molar-refractivity contribution in [2.24, 2.45) is 10.7 Å². The van der Waals surface area contributed by atoms with Crippen LogP contribution in [0, 0.1) is 0 Å². The Kier molecular flexibility index (Phi) is 6.01. The van der Waals surface area contributed by atoms with Gasteiger partial charge in [-0.2, -0.15) is 0 Å². The minimum atomic E-state index is -3.48. The topological polar surface area (TPSA) is 96.6 Å². The Bertz CT molecular complexity index is 650. The van der Waals surface area contributed by atoms with Crippen LogP contribution in [-0.2, 0) is 16.6 Å². The minimum Gasteiger partial charge on any atom is -0.370 e. The van der Waals surface area contributed by atoms with Gasteiger partial charge in [0, 0.05) is 12.1 Å². The quantitative estimate of drug-likeness (QED) is 0.543. The summed E-state index contributed by atoms with van der Waals surface area (Å²) in [4.78, 5) is 4.56. The molecular formula is C16H26N4O2S. The van der Waals surface area contributed by atoms with Crippen LogP contribution >= 0.6 is 0 Å². The van der Waals surface area contributed by atoms with Gasteiger partial charge in [0.05, 0.1) is 11.4 Å². The van der Waals surface area contributed by atoms with E-state index >= 15 is 0 Å². The summed E-state index contributed by atoms with van der Waals surface area (Å²) in [6, 6.07) is 7.06. The standard InChI is InChI=1S/C16H26N4O2S/c1-12(2)20-23(21,22)15-9-5-6-13(10-15)11-18-16(17)19-14-7-3-4-8-14/h5-6,9-10,12,14,20H,3-4,7-8,11H2,1-2H3,(H3,17,18,19). The van der Waals surface area contributed by atoms with Crippen molar-refractivity contribution in [1.29, 1.82) is 0 Å². The van der Waals surface area contributed by atoms with Crippen LogP contribution in [0.5, 0.6) is 0 Å². The molecule has 7 heteroatoms. The lowest BCUT2D eigenvalue weighted by Gasteiger charge is -2.12. The molecule has 128 valence electrons. The molecule has 0 aliphatic heterocycles. The number of nitrogens with one attached hydrogen (secondary N) is 2. The highest BCUT2D eigenvalue weighted by Crippen LogP contribution is 2.17. The van der Waals surface area contributed by atoms with Crippen LogP contribution in [0.1, 0.15) is 45.1 Å². The first-order chi connectivity index (χ1) is 10.9. The van der Waals surface area contributed by atoms with E-state index in [4.69, 9.17) is 5.73 Å². The smallest absolute Gasteiger partial charge is 0.240 e. The minimum absolute atomic E-state index is 0.145. The average Bonchev–Trinajstić information content (AvgIpc) is 2.97. The number of guanidine groups is 1. The second kappa shape index (κ2) is 7.79. The first kappa shape index (κ1) is 17.7. The van der Waals surface area contributed by atoms with Gasteiger partial charge in [-0.15, -0.1) is 0 Å². The molecule has 1 aliphatic carbocycles. The molecule has 1 aromatic carbocycles. The highest BCUT2D eigenvalue weighted by molar-refractivity contribution is 7.89. The molecule has 6 nitrogen and oxygen atoms in total. The summed E-state index contributed by atoms with van der Waals surface area (Å²) in [7, 11) is -3.48. The lowest BCUT2D eigenvalue weighted by Crippen LogP contribution is -2.38. The summed E-state index contributed by atoms with van der Waals surface area (Å²) in [5.41, 5.74) is 6.71. The van der Waals surface area contributed by atoms with E-state index in [0.29, 0.717) is 18.5 Å². The second-order valence-electron chi connectivity index (χ2n) is 6.25. The van der Waals surface area contributed by atoms with Crippen molar-refractivity contribution in [3.8, 4) is 0 Å². The fourth-order valence-corrected chi connectivity index (χ4v) is 4.01. The number of hydrogen-bond acceptors (Lipinski definition) is 3. The van der Waals surface area contributed by atoms with E-state index in [0.717, 1.165) is 18.4 Å². The maximum absolute atomic E-state index is 12.2. The van der Waals surface area contributed by atoms with Gasteiger partial charge in [-0.3, -0.25) is 0 Å². The molecule has 1 aliphatic rings. The predicted molar refractivity (Wildman–Crippen MR) is 92.6 cm³/mol. The van der Waals surface area contributed by atoms with Crippen LogP contribution in [0.2, 0.25) is 0 Å². The molecule has 2 rings (SSSR count). The number of aliphatic imine (C=N–C) groups is 1. The third kappa shape index (κ3) is 5.51. The van der Waals surface area contributed by atoms with E-state index in [1.54, 1.807) is 32.0 Å². The Balaban J connectivity index is 2.02. The van der Waals surface area contributed by atoms with Gasteiger partial charge in [0.1, 0.15) is 0 Å². The van der Waals surface area contributed by atoms with Crippen molar-refractivity contribution in [3.05, 3.63) is 29.8 Å². The molecule has 0 bridgehead atoms. The molecule has 0 aromatic heterocycles. The molecule has 0 atom stereocenters. The van der Waals surface area contributed by atoms with Gasteiger partial charge in [0.15, 0.2) is 5.96 Å². The van der Waals surface area contributed by atoms with Crippen molar-refractivity contribution in [1.82, 2.24) is 10.0 Å². The van der Waals surface area contributed by atoms with Gasteiger partial charge in [-0.1, -0.05) is 25.0 Å². The van der Waals surface area contributed by atoms with Gasteiger partial charge in [0.25, 0.3) is 0 Å². The van der Waals surface area contributed by atoms with Gasteiger partial charge < -0.3 is 11.1 Å². The third-order valence-electron chi connectivity index (χ3n) is 3.74.